The number of nitrogens with one attached hydrogen (secondary N) is 1. The van der Waals surface area contributed by atoms with Crippen LogP contribution in [0.4, 0.5) is 0 Å². The Kier molecular flexibility index (Phi) is 9.47. The second-order valence-corrected chi connectivity index (χ2v) is 6.54. The molecule has 0 spiro atoms. The van der Waals surface area contributed by atoms with Crippen LogP contribution >= 0.6 is 24.0 Å². The van der Waals surface area contributed by atoms with Crippen molar-refractivity contribution < 1.29 is 9.59 Å². The van der Waals surface area contributed by atoms with Gasteiger partial charge in [0.05, 0.1) is 13.1 Å². The number of piperazine rings is 1. The van der Waals surface area contributed by atoms with Crippen molar-refractivity contribution in [3.63, 3.8) is 0 Å². The lowest BCUT2D eigenvalue weighted by Gasteiger charge is -2.36. The van der Waals surface area contributed by atoms with E-state index < -0.39 is 0 Å². The molecule has 0 aromatic carbocycles. The molecule has 0 radical (unpaired) electrons. The van der Waals surface area contributed by atoms with Crippen molar-refractivity contribution >= 4 is 41.8 Å². The van der Waals surface area contributed by atoms with E-state index in [9.17, 15) is 9.59 Å². The molecule has 2 fully saturated rings. The minimum atomic E-state index is 0. The smallest absolute Gasteiger partial charge is 0.241 e. The summed E-state index contributed by atoms with van der Waals surface area (Å²) in [5.41, 5.74) is 0. The molecule has 2 aliphatic heterocycles. The van der Waals surface area contributed by atoms with Crippen molar-refractivity contribution in [2.75, 3.05) is 73.5 Å². The highest BCUT2D eigenvalue weighted by Crippen LogP contribution is 2.09. The summed E-state index contributed by atoms with van der Waals surface area (Å²) >= 11 is 0. The summed E-state index contributed by atoms with van der Waals surface area (Å²) < 4.78 is 0. The number of aliphatic imine (C=N–C) groups is 1. The van der Waals surface area contributed by atoms with E-state index in [1.165, 1.54) is 0 Å². The van der Waals surface area contributed by atoms with Gasteiger partial charge in [0, 0.05) is 60.4 Å². The third-order valence-electron chi connectivity index (χ3n) is 4.60. The highest BCUT2D eigenvalue weighted by molar-refractivity contribution is 14.0. The van der Waals surface area contributed by atoms with Crippen molar-refractivity contribution in [3.8, 4) is 0 Å². The Labute approximate surface area is 167 Å². The zero-order valence-electron chi connectivity index (χ0n) is 15.5. The minimum Gasteiger partial charge on any atom is -0.347 e. The number of likely N-dealkylation sites (N-methyl/N-ethyl adjacent to an activating group) is 1. The highest BCUT2D eigenvalue weighted by Gasteiger charge is 2.24. The van der Waals surface area contributed by atoms with Gasteiger partial charge in [0.1, 0.15) is 0 Å². The molecule has 144 valence electrons. The first-order valence-corrected chi connectivity index (χ1v) is 8.67. The molecular weight excluding hydrogens is 435 g/mol. The fourth-order valence-corrected chi connectivity index (χ4v) is 3.02. The summed E-state index contributed by atoms with van der Waals surface area (Å²) in [6.45, 7) is 5.87. The van der Waals surface area contributed by atoms with Gasteiger partial charge >= 0.3 is 0 Å². The largest absolute Gasteiger partial charge is 0.347 e. The van der Waals surface area contributed by atoms with Gasteiger partial charge in [-0.15, -0.1) is 24.0 Å². The Morgan fingerprint density at radius 3 is 2.12 bits per heavy atom. The molecule has 9 heteroatoms. The molecule has 2 saturated heterocycles. The van der Waals surface area contributed by atoms with E-state index >= 15 is 0 Å². The SMILES string of the molecule is CN=C(NCC(=O)N(C)C)N1CCN(CC(=O)N2CCCC2)CC1.I. The molecule has 25 heavy (non-hydrogen) atoms. The summed E-state index contributed by atoms with van der Waals surface area (Å²) in [4.78, 5) is 36.0. The van der Waals surface area contributed by atoms with E-state index in [-0.39, 0.29) is 42.3 Å². The molecular formula is C16H31IN6O2. The average Bonchev–Trinajstić information content (AvgIpc) is 3.11. The lowest BCUT2D eigenvalue weighted by Crippen LogP contribution is -2.55. The number of halogens is 1. The Bertz CT molecular complexity index is 471. The highest BCUT2D eigenvalue weighted by atomic mass is 127. The molecule has 2 heterocycles. The van der Waals surface area contributed by atoms with E-state index in [0.29, 0.717) is 6.54 Å². The first-order chi connectivity index (χ1) is 11.5. The Morgan fingerprint density at radius 2 is 1.60 bits per heavy atom. The van der Waals surface area contributed by atoms with Crippen molar-refractivity contribution in [3.05, 3.63) is 0 Å². The lowest BCUT2D eigenvalue weighted by molar-refractivity contribution is -0.131. The monoisotopic (exact) mass is 466 g/mol. The number of amides is 2. The van der Waals surface area contributed by atoms with Gasteiger partial charge in [0.25, 0.3) is 0 Å². The van der Waals surface area contributed by atoms with Gasteiger partial charge in [0.2, 0.25) is 11.8 Å². The molecule has 0 saturated carbocycles. The van der Waals surface area contributed by atoms with E-state index in [0.717, 1.165) is 58.1 Å². The van der Waals surface area contributed by atoms with Gasteiger partial charge in [-0.1, -0.05) is 0 Å². The number of hydrogen-bond donors (Lipinski definition) is 1. The second-order valence-electron chi connectivity index (χ2n) is 6.54. The number of nitrogens with zero attached hydrogens (tertiary/aromatic N) is 5. The molecule has 8 nitrogen and oxygen atoms in total. The van der Waals surface area contributed by atoms with Gasteiger partial charge in [-0.25, -0.2) is 0 Å². The van der Waals surface area contributed by atoms with E-state index in [1.807, 2.05) is 4.90 Å². The fraction of sp³-hybridized carbons (Fsp3) is 0.812. The number of hydrogen-bond acceptors (Lipinski definition) is 4. The molecule has 2 amide bonds. The normalized spacial score (nSPS) is 18.8. The van der Waals surface area contributed by atoms with Crippen molar-refractivity contribution in [1.29, 1.82) is 0 Å². The fourth-order valence-electron chi connectivity index (χ4n) is 3.02. The summed E-state index contributed by atoms with van der Waals surface area (Å²) in [5.74, 6) is 1.02. The van der Waals surface area contributed by atoms with Crippen LogP contribution < -0.4 is 5.32 Å². The number of likely N-dealkylation sites (tertiary alicyclic amines) is 1. The van der Waals surface area contributed by atoms with Crippen molar-refractivity contribution in [2.24, 2.45) is 4.99 Å². The topological polar surface area (TPSA) is 71.5 Å². The summed E-state index contributed by atoms with van der Waals surface area (Å²) in [6.07, 6.45) is 2.26. The Hall–Kier alpha value is -1.10. The molecule has 2 rings (SSSR count). The maximum absolute atomic E-state index is 12.2. The summed E-state index contributed by atoms with van der Waals surface area (Å²) in [6, 6.07) is 0. The van der Waals surface area contributed by atoms with Crippen LogP contribution in [0.3, 0.4) is 0 Å². The van der Waals surface area contributed by atoms with Crippen LogP contribution in [-0.4, -0.2) is 111 Å². The first-order valence-electron chi connectivity index (χ1n) is 8.67. The standard InChI is InChI=1S/C16H30N6O2.HI/c1-17-16(18-12-14(23)19(2)3)22-10-8-20(9-11-22)13-15(24)21-6-4-5-7-21;/h4-13H2,1-3H3,(H,17,18);1H. The van der Waals surface area contributed by atoms with Crippen LogP contribution in [0.25, 0.3) is 0 Å². The van der Waals surface area contributed by atoms with Crippen molar-refractivity contribution in [1.82, 2.24) is 24.9 Å². The average molecular weight is 466 g/mol. The third kappa shape index (κ3) is 6.61. The maximum Gasteiger partial charge on any atom is 0.241 e. The predicted octanol–water partition coefficient (Wildman–Crippen LogP) is -0.492. The molecule has 0 aromatic rings. The van der Waals surface area contributed by atoms with Crippen LogP contribution in [0.5, 0.6) is 0 Å². The first kappa shape index (κ1) is 21.9. The maximum atomic E-state index is 12.2. The van der Waals surface area contributed by atoms with E-state index in [4.69, 9.17) is 0 Å². The van der Waals surface area contributed by atoms with Gasteiger partial charge < -0.3 is 20.0 Å². The molecule has 2 aliphatic rings. The Morgan fingerprint density at radius 1 is 1.00 bits per heavy atom. The molecule has 0 aliphatic carbocycles. The van der Waals surface area contributed by atoms with Crippen LogP contribution in [0, 0.1) is 0 Å². The number of rotatable bonds is 4. The predicted molar refractivity (Wildman–Crippen MR) is 109 cm³/mol. The van der Waals surface area contributed by atoms with Gasteiger partial charge in [-0.05, 0) is 12.8 Å². The lowest BCUT2D eigenvalue weighted by atomic mass is 10.3. The van der Waals surface area contributed by atoms with Crippen LogP contribution in [0.1, 0.15) is 12.8 Å². The number of guanidine groups is 1. The second kappa shape index (κ2) is 10.8. The van der Waals surface area contributed by atoms with Gasteiger partial charge in [0.15, 0.2) is 5.96 Å². The number of carbonyl (C=O) groups excluding carboxylic acids is 2. The zero-order chi connectivity index (χ0) is 17.5. The van der Waals surface area contributed by atoms with Crippen LogP contribution in [0.2, 0.25) is 0 Å². The van der Waals surface area contributed by atoms with Crippen molar-refractivity contribution in [2.45, 2.75) is 12.8 Å². The molecule has 0 unspecified atom stereocenters. The third-order valence-corrected chi connectivity index (χ3v) is 4.60. The van der Waals surface area contributed by atoms with E-state index in [1.54, 1.807) is 26.0 Å². The molecule has 0 bridgehead atoms. The summed E-state index contributed by atoms with van der Waals surface area (Å²) in [7, 11) is 5.21. The van der Waals surface area contributed by atoms with E-state index in [2.05, 4.69) is 20.1 Å². The Balaban J connectivity index is 0.00000312. The molecule has 0 aromatic heterocycles. The van der Waals surface area contributed by atoms with Gasteiger partial charge in [-0.2, -0.15) is 0 Å². The quantitative estimate of drug-likeness (QED) is 0.344. The molecule has 0 atom stereocenters. The zero-order valence-corrected chi connectivity index (χ0v) is 17.9. The van der Waals surface area contributed by atoms with Gasteiger partial charge in [-0.3, -0.25) is 19.5 Å². The minimum absolute atomic E-state index is 0. The van der Waals surface area contributed by atoms with Crippen LogP contribution in [0.15, 0.2) is 4.99 Å². The summed E-state index contributed by atoms with van der Waals surface area (Å²) in [5, 5.41) is 3.11. The number of carbonyl (C=O) groups is 2. The van der Waals surface area contributed by atoms with Crippen LogP contribution in [-0.2, 0) is 9.59 Å². The molecule has 1 N–H and O–H groups in total.